The van der Waals surface area contributed by atoms with Gasteiger partial charge in [-0.15, -0.1) is 16.8 Å². The van der Waals surface area contributed by atoms with E-state index in [0.29, 0.717) is 48.7 Å². The van der Waals surface area contributed by atoms with E-state index in [1.54, 1.807) is 13.0 Å². The second-order valence-electron chi connectivity index (χ2n) is 6.59. The van der Waals surface area contributed by atoms with E-state index < -0.39 is 11.4 Å². The molecule has 0 aliphatic carbocycles. The van der Waals surface area contributed by atoms with Crippen LogP contribution in [0.25, 0.3) is 0 Å². The van der Waals surface area contributed by atoms with E-state index in [9.17, 15) is 9.59 Å². The van der Waals surface area contributed by atoms with Crippen LogP contribution < -0.4 is 14.8 Å². The Morgan fingerprint density at radius 3 is 2.93 bits per heavy atom. The molecule has 29 heavy (non-hydrogen) atoms. The van der Waals surface area contributed by atoms with E-state index >= 15 is 0 Å². The number of fused-ring (bicyclic) bond motifs is 1. The third-order valence-electron chi connectivity index (χ3n) is 4.61. The van der Waals surface area contributed by atoms with Gasteiger partial charge in [0.05, 0.1) is 5.25 Å². The van der Waals surface area contributed by atoms with Gasteiger partial charge in [0, 0.05) is 19.6 Å². The third-order valence-corrected chi connectivity index (χ3v) is 5.67. The second kappa shape index (κ2) is 8.16. The van der Waals surface area contributed by atoms with Crippen LogP contribution in [-0.2, 0) is 11.3 Å². The monoisotopic (exact) mass is 415 g/mol. The van der Waals surface area contributed by atoms with Crippen molar-refractivity contribution in [3.8, 4) is 11.5 Å². The summed E-state index contributed by atoms with van der Waals surface area (Å²) in [6.07, 6.45) is 1.30. The molecule has 1 aromatic heterocycles. The first-order chi connectivity index (χ1) is 14.1. The van der Waals surface area contributed by atoms with Gasteiger partial charge < -0.3 is 14.8 Å². The Morgan fingerprint density at radius 1 is 1.41 bits per heavy atom. The van der Waals surface area contributed by atoms with Crippen molar-refractivity contribution in [2.24, 2.45) is 0 Å². The zero-order valence-corrected chi connectivity index (χ0v) is 16.7. The Hall–Kier alpha value is -3.01. The topological polar surface area (TPSA) is 98.6 Å². The predicted octanol–water partition coefficient (Wildman–Crippen LogP) is 2.01. The number of nitrogens with zero attached hydrogens (tertiary/aromatic N) is 4. The predicted molar refractivity (Wildman–Crippen MR) is 106 cm³/mol. The van der Waals surface area contributed by atoms with Crippen molar-refractivity contribution < 1.29 is 19.1 Å². The molecular weight excluding hydrogens is 394 g/mol. The number of allylic oxidation sites excluding steroid dienone is 1. The smallest absolute Gasteiger partial charge is 0.324 e. The normalized spacial score (nSPS) is 19.0. The van der Waals surface area contributed by atoms with E-state index in [2.05, 4.69) is 22.1 Å². The molecule has 9 nitrogen and oxygen atoms in total. The van der Waals surface area contributed by atoms with Crippen LogP contribution in [-0.4, -0.2) is 56.5 Å². The van der Waals surface area contributed by atoms with Crippen LogP contribution in [0.4, 0.5) is 4.79 Å². The standard InChI is InChI=1S/C19H21N5O4S/c1-3-9-23-16(15-11-27-13-6-4-5-7-14(13)28-15)21-22-19(23)29-12(2)17(25)24-10-8-20-18(24)26/h3-7,12,15H,1,8-11H2,2H3,(H,20,26)/t12-,15+/m0/s1. The number of amides is 3. The summed E-state index contributed by atoms with van der Waals surface area (Å²) >= 11 is 1.25. The summed E-state index contributed by atoms with van der Waals surface area (Å²) in [7, 11) is 0. The fourth-order valence-electron chi connectivity index (χ4n) is 3.18. The van der Waals surface area contributed by atoms with Crippen LogP contribution in [0, 0.1) is 0 Å². The fourth-order valence-corrected chi connectivity index (χ4v) is 4.11. The van der Waals surface area contributed by atoms with Gasteiger partial charge in [-0.05, 0) is 19.1 Å². The van der Waals surface area contributed by atoms with Crippen molar-refractivity contribution in [1.29, 1.82) is 0 Å². The molecule has 0 bridgehead atoms. The summed E-state index contributed by atoms with van der Waals surface area (Å²) in [5, 5.41) is 11.2. The lowest BCUT2D eigenvalue weighted by molar-refractivity contribution is -0.126. The summed E-state index contributed by atoms with van der Waals surface area (Å²) in [6.45, 7) is 7.16. The molecule has 152 valence electrons. The van der Waals surface area contributed by atoms with E-state index in [0.717, 1.165) is 0 Å². The molecule has 2 aromatic rings. The lowest BCUT2D eigenvalue weighted by Crippen LogP contribution is -2.39. The number of benzene rings is 1. The van der Waals surface area contributed by atoms with E-state index in [1.165, 1.54) is 16.7 Å². The zero-order chi connectivity index (χ0) is 20.4. The highest BCUT2D eigenvalue weighted by molar-refractivity contribution is 8.00. The maximum atomic E-state index is 12.6. The number of imide groups is 1. The quantitative estimate of drug-likeness (QED) is 0.569. The van der Waals surface area contributed by atoms with Gasteiger partial charge in [0.15, 0.2) is 28.6 Å². The van der Waals surface area contributed by atoms with Gasteiger partial charge in [0.2, 0.25) is 5.91 Å². The van der Waals surface area contributed by atoms with Gasteiger partial charge in [-0.25, -0.2) is 4.79 Å². The maximum absolute atomic E-state index is 12.6. The SMILES string of the molecule is C=CCn1c(S[C@@H](C)C(=O)N2CCNC2=O)nnc1[C@H]1COc2ccccc2O1. The Morgan fingerprint density at radius 2 is 2.21 bits per heavy atom. The number of para-hydroxylation sites is 2. The number of thioether (sulfide) groups is 1. The molecule has 1 N–H and O–H groups in total. The van der Waals surface area contributed by atoms with E-state index in [1.807, 2.05) is 28.8 Å². The zero-order valence-electron chi connectivity index (χ0n) is 15.9. The molecule has 1 aromatic carbocycles. The lowest BCUT2D eigenvalue weighted by Gasteiger charge is -2.26. The average molecular weight is 415 g/mol. The Labute approximate surface area is 172 Å². The van der Waals surface area contributed by atoms with Crippen LogP contribution in [0.1, 0.15) is 18.9 Å². The van der Waals surface area contributed by atoms with Crippen molar-refractivity contribution >= 4 is 23.7 Å². The second-order valence-corrected chi connectivity index (χ2v) is 7.89. The average Bonchev–Trinajstić information content (AvgIpc) is 3.33. The summed E-state index contributed by atoms with van der Waals surface area (Å²) < 4.78 is 13.7. The Bertz CT molecular complexity index is 946. The number of nitrogens with one attached hydrogen (secondary N) is 1. The number of carbonyl (C=O) groups excluding carboxylic acids is 2. The van der Waals surface area contributed by atoms with Crippen molar-refractivity contribution in [2.45, 2.75) is 30.0 Å². The molecule has 0 spiro atoms. The first-order valence-electron chi connectivity index (χ1n) is 9.27. The molecule has 2 aliphatic rings. The van der Waals surface area contributed by atoms with E-state index in [4.69, 9.17) is 9.47 Å². The largest absolute Gasteiger partial charge is 0.485 e. The van der Waals surface area contributed by atoms with Crippen molar-refractivity contribution in [3.63, 3.8) is 0 Å². The molecule has 4 rings (SSSR count). The van der Waals surface area contributed by atoms with Crippen LogP contribution in [0.3, 0.4) is 0 Å². The number of hydrogen-bond donors (Lipinski definition) is 1. The Kier molecular flexibility index (Phi) is 5.43. The first-order valence-corrected chi connectivity index (χ1v) is 10.1. The van der Waals surface area contributed by atoms with Crippen LogP contribution in [0.5, 0.6) is 11.5 Å². The Balaban J connectivity index is 1.53. The molecule has 3 heterocycles. The van der Waals surface area contributed by atoms with Gasteiger partial charge in [-0.1, -0.05) is 30.0 Å². The summed E-state index contributed by atoms with van der Waals surface area (Å²) in [4.78, 5) is 25.6. The molecule has 2 aliphatic heterocycles. The fraction of sp³-hybridized carbons (Fsp3) is 0.368. The number of carbonyl (C=O) groups is 2. The van der Waals surface area contributed by atoms with Crippen LogP contribution >= 0.6 is 11.8 Å². The highest BCUT2D eigenvalue weighted by Gasteiger charge is 2.33. The summed E-state index contributed by atoms with van der Waals surface area (Å²) in [5.74, 6) is 1.68. The number of hydrogen-bond acceptors (Lipinski definition) is 7. The number of urea groups is 1. The van der Waals surface area contributed by atoms with Crippen molar-refractivity contribution in [1.82, 2.24) is 25.0 Å². The van der Waals surface area contributed by atoms with Crippen LogP contribution in [0.2, 0.25) is 0 Å². The highest BCUT2D eigenvalue weighted by Crippen LogP contribution is 2.36. The molecule has 0 radical (unpaired) electrons. The van der Waals surface area contributed by atoms with E-state index in [-0.39, 0.29) is 11.9 Å². The minimum absolute atomic E-state index is 0.258. The maximum Gasteiger partial charge on any atom is 0.324 e. The van der Waals surface area contributed by atoms with Gasteiger partial charge >= 0.3 is 6.03 Å². The van der Waals surface area contributed by atoms with Crippen molar-refractivity contribution in [3.05, 3.63) is 42.7 Å². The van der Waals surface area contributed by atoms with Crippen molar-refractivity contribution in [2.75, 3.05) is 19.7 Å². The third kappa shape index (κ3) is 3.80. The molecule has 10 heteroatoms. The number of ether oxygens (including phenoxy) is 2. The molecule has 1 saturated heterocycles. The number of aromatic nitrogens is 3. The minimum atomic E-state index is -0.497. The van der Waals surface area contributed by atoms with Gasteiger partial charge in [-0.2, -0.15) is 0 Å². The molecular formula is C19H21N5O4S. The van der Waals surface area contributed by atoms with Gasteiger partial charge in [-0.3, -0.25) is 14.3 Å². The summed E-state index contributed by atoms with van der Waals surface area (Å²) in [6, 6.07) is 7.09. The number of rotatable bonds is 6. The molecule has 3 amide bonds. The molecule has 0 unspecified atom stereocenters. The molecule has 0 saturated carbocycles. The van der Waals surface area contributed by atoms with Gasteiger partial charge in [0.25, 0.3) is 0 Å². The minimum Gasteiger partial charge on any atom is -0.485 e. The molecule has 1 fully saturated rings. The van der Waals surface area contributed by atoms with Gasteiger partial charge in [0.1, 0.15) is 6.61 Å². The lowest BCUT2D eigenvalue weighted by atomic mass is 10.2. The molecule has 2 atom stereocenters. The summed E-state index contributed by atoms with van der Waals surface area (Å²) in [5.41, 5.74) is 0. The first kappa shape index (κ1) is 19.3. The highest BCUT2D eigenvalue weighted by atomic mass is 32.2. The van der Waals surface area contributed by atoms with Crippen LogP contribution in [0.15, 0.2) is 42.1 Å².